The summed E-state index contributed by atoms with van der Waals surface area (Å²) < 4.78 is 31.9. The second-order valence-electron chi connectivity index (χ2n) is 7.48. The first-order valence-corrected chi connectivity index (χ1v) is 13.0. The van der Waals surface area contributed by atoms with Crippen LogP contribution in [0.25, 0.3) is 0 Å². The molecule has 7 heteroatoms. The molecular formula is C25H27BrN2O3S. The molecule has 0 saturated heterocycles. The Balaban J connectivity index is 1.89. The third-order valence-electron chi connectivity index (χ3n) is 4.89. The highest BCUT2D eigenvalue weighted by atomic mass is 79.9. The molecule has 168 valence electrons. The van der Waals surface area contributed by atoms with Crippen LogP contribution in [0.1, 0.15) is 16.7 Å². The maximum atomic E-state index is 11.8. The van der Waals surface area contributed by atoms with Crippen LogP contribution >= 0.6 is 15.9 Å². The number of hydrogen-bond donors (Lipinski definition) is 1. The molecule has 3 aromatic carbocycles. The Morgan fingerprint density at radius 1 is 0.938 bits per heavy atom. The molecule has 0 aromatic heterocycles. The summed E-state index contributed by atoms with van der Waals surface area (Å²) in [5.74, 6) is 0.810. The van der Waals surface area contributed by atoms with Crippen molar-refractivity contribution in [3.05, 3.63) is 101 Å². The number of nitrogens with zero attached hydrogens (tertiary/aromatic N) is 1. The van der Waals surface area contributed by atoms with Crippen molar-refractivity contribution >= 4 is 37.3 Å². The molecule has 0 aliphatic rings. The molecule has 0 bridgehead atoms. The van der Waals surface area contributed by atoms with E-state index < -0.39 is 10.0 Å². The van der Waals surface area contributed by atoms with E-state index in [1.165, 1.54) is 5.56 Å². The molecule has 0 amide bonds. The van der Waals surface area contributed by atoms with Gasteiger partial charge >= 0.3 is 0 Å². The fourth-order valence-corrected chi connectivity index (χ4v) is 4.17. The zero-order valence-corrected chi connectivity index (χ0v) is 20.6. The van der Waals surface area contributed by atoms with Crippen molar-refractivity contribution < 1.29 is 13.2 Å². The molecule has 0 unspecified atom stereocenters. The summed E-state index contributed by atoms with van der Waals surface area (Å²) in [6.07, 6.45) is 3.05. The highest BCUT2D eigenvalue weighted by molar-refractivity contribution is 9.11. The molecular weight excluding hydrogens is 488 g/mol. The van der Waals surface area contributed by atoms with E-state index in [2.05, 4.69) is 49.8 Å². The smallest absolute Gasteiger partial charge is 0.229 e. The molecule has 1 N–H and O–H groups in total. The monoisotopic (exact) mass is 514 g/mol. The Morgan fingerprint density at radius 2 is 1.59 bits per heavy atom. The standard InChI is InChI=1S/C25H27BrN2O3S/c1-20-24(27-32(2,29)30)10-6-11-25(20)28(18-21-8-4-3-5-9-21)19-22-12-14-23(15-13-22)31-17-7-16-26/h3-16,27H,17-19H2,1-2H3. The molecule has 0 saturated carbocycles. The zero-order valence-electron chi connectivity index (χ0n) is 18.2. The Bertz CT molecular complexity index is 1150. The molecule has 3 aromatic rings. The van der Waals surface area contributed by atoms with Gasteiger partial charge in [0.25, 0.3) is 0 Å². The second-order valence-corrected chi connectivity index (χ2v) is 9.76. The third-order valence-corrected chi connectivity index (χ3v) is 5.85. The van der Waals surface area contributed by atoms with Crippen molar-refractivity contribution in [1.29, 1.82) is 0 Å². The van der Waals surface area contributed by atoms with Crippen LogP contribution in [0.15, 0.2) is 83.9 Å². The lowest BCUT2D eigenvalue weighted by molar-refractivity contribution is 0.363. The topological polar surface area (TPSA) is 58.6 Å². The number of benzene rings is 3. The third kappa shape index (κ3) is 7.14. The summed E-state index contributed by atoms with van der Waals surface area (Å²) in [6, 6.07) is 24.0. The summed E-state index contributed by atoms with van der Waals surface area (Å²) >= 11 is 3.23. The van der Waals surface area contributed by atoms with E-state index in [9.17, 15) is 8.42 Å². The van der Waals surface area contributed by atoms with E-state index in [0.717, 1.165) is 28.8 Å². The van der Waals surface area contributed by atoms with Gasteiger partial charge in [0.15, 0.2) is 0 Å². The van der Waals surface area contributed by atoms with E-state index in [1.54, 1.807) is 11.1 Å². The lowest BCUT2D eigenvalue weighted by Crippen LogP contribution is -2.23. The lowest BCUT2D eigenvalue weighted by Gasteiger charge is -2.28. The minimum absolute atomic E-state index is 0.504. The van der Waals surface area contributed by atoms with Crippen molar-refractivity contribution in [2.75, 3.05) is 22.5 Å². The fourth-order valence-electron chi connectivity index (χ4n) is 3.40. The average molecular weight is 515 g/mol. The number of anilines is 2. The predicted molar refractivity (Wildman–Crippen MR) is 136 cm³/mol. The van der Waals surface area contributed by atoms with E-state index in [1.807, 2.05) is 55.5 Å². The molecule has 3 rings (SSSR count). The minimum Gasteiger partial charge on any atom is -0.490 e. The lowest BCUT2D eigenvalue weighted by atomic mass is 10.1. The summed E-state index contributed by atoms with van der Waals surface area (Å²) in [7, 11) is -3.36. The largest absolute Gasteiger partial charge is 0.490 e. The van der Waals surface area contributed by atoms with E-state index in [0.29, 0.717) is 25.4 Å². The zero-order chi connectivity index (χ0) is 23.0. The van der Waals surface area contributed by atoms with Crippen LogP contribution in [-0.2, 0) is 23.1 Å². The number of ether oxygens (including phenoxy) is 1. The van der Waals surface area contributed by atoms with Crippen LogP contribution < -0.4 is 14.4 Å². The van der Waals surface area contributed by atoms with Crippen molar-refractivity contribution in [2.24, 2.45) is 0 Å². The number of nitrogens with one attached hydrogen (secondary N) is 1. The van der Waals surface area contributed by atoms with Crippen LogP contribution in [0.3, 0.4) is 0 Å². The molecule has 0 fully saturated rings. The highest BCUT2D eigenvalue weighted by Crippen LogP contribution is 2.30. The Labute approximate surface area is 198 Å². The molecule has 0 spiro atoms. The minimum atomic E-state index is -3.36. The summed E-state index contributed by atoms with van der Waals surface area (Å²) in [5.41, 5.74) is 4.76. The van der Waals surface area contributed by atoms with Gasteiger partial charge in [-0.25, -0.2) is 8.42 Å². The van der Waals surface area contributed by atoms with Gasteiger partial charge in [0.2, 0.25) is 10.0 Å². The first-order chi connectivity index (χ1) is 15.4. The van der Waals surface area contributed by atoms with Gasteiger partial charge in [-0.1, -0.05) is 64.5 Å². The summed E-state index contributed by atoms with van der Waals surface area (Å²) in [5, 5.41) is 0. The van der Waals surface area contributed by atoms with Gasteiger partial charge < -0.3 is 9.64 Å². The Hall–Kier alpha value is -2.77. The first kappa shape index (κ1) is 23.9. The molecule has 0 atom stereocenters. The Morgan fingerprint density at radius 3 is 2.22 bits per heavy atom. The van der Waals surface area contributed by atoms with Gasteiger partial charge in [0.1, 0.15) is 12.4 Å². The van der Waals surface area contributed by atoms with E-state index in [-0.39, 0.29) is 0 Å². The van der Waals surface area contributed by atoms with E-state index >= 15 is 0 Å². The molecule has 0 heterocycles. The van der Waals surface area contributed by atoms with Gasteiger partial charge in [-0.3, -0.25) is 4.72 Å². The van der Waals surface area contributed by atoms with Gasteiger partial charge in [-0.15, -0.1) is 0 Å². The van der Waals surface area contributed by atoms with Gasteiger partial charge in [0, 0.05) is 18.8 Å². The molecule has 0 radical (unpaired) electrons. The van der Waals surface area contributed by atoms with Crippen LogP contribution in [0.2, 0.25) is 0 Å². The van der Waals surface area contributed by atoms with Crippen molar-refractivity contribution in [3.63, 3.8) is 0 Å². The van der Waals surface area contributed by atoms with Crippen LogP contribution in [0.4, 0.5) is 11.4 Å². The quantitative estimate of drug-likeness (QED) is 0.368. The van der Waals surface area contributed by atoms with Crippen LogP contribution in [-0.4, -0.2) is 21.3 Å². The van der Waals surface area contributed by atoms with E-state index in [4.69, 9.17) is 4.74 Å². The summed E-state index contributed by atoms with van der Waals surface area (Å²) in [6.45, 7) is 3.80. The SMILES string of the molecule is Cc1c(NS(C)(=O)=O)cccc1N(Cc1ccccc1)Cc1ccc(OCC=CBr)cc1. The van der Waals surface area contributed by atoms with Crippen molar-refractivity contribution in [1.82, 2.24) is 0 Å². The molecule has 32 heavy (non-hydrogen) atoms. The van der Waals surface area contributed by atoms with Crippen molar-refractivity contribution in [2.45, 2.75) is 20.0 Å². The Kier molecular flexibility index (Phi) is 8.36. The maximum Gasteiger partial charge on any atom is 0.229 e. The van der Waals surface area contributed by atoms with Gasteiger partial charge in [0.05, 0.1) is 11.9 Å². The van der Waals surface area contributed by atoms with Gasteiger partial charge in [-0.05, 0) is 58.9 Å². The van der Waals surface area contributed by atoms with Gasteiger partial charge in [-0.2, -0.15) is 0 Å². The number of halogens is 1. The average Bonchev–Trinajstić information content (AvgIpc) is 2.76. The van der Waals surface area contributed by atoms with Crippen molar-refractivity contribution in [3.8, 4) is 5.75 Å². The van der Waals surface area contributed by atoms with Crippen LogP contribution in [0, 0.1) is 6.92 Å². The maximum absolute atomic E-state index is 11.8. The number of rotatable bonds is 10. The highest BCUT2D eigenvalue weighted by Gasteiger charge is 2.15. The second kappa shape index (κ2) is 11.2. The first-order valence-electron chi connectivity index (χ1n) is 10.2. The summed E-state index contributed by atoms with van der Waals surface area (Å²) in [4.78, 5) is 4.03. The number of sulfonamides is 1. The molecule has 5 nitrogen and oxygen atoms in total. The normalized spacial score (nSPS) is 11.5. The molecule has 0 aliphatic heterocycles. The number of hydrogen-bond acceptors (Lipinski definition) is 4. The predicted octanol–water partition coefficient (Wildman–Crippen LogP) is 5.86. The fraction of sp³-hybridized carbons (Fsp3) is 0.200. The molecule has 0 aliphatic carbocycles. The van der Waals surface area contributed by atoms with Crippen LogP contribution in [0.5, 0.6) is 5.75 Å².